The van der Waals surface area contributed by atoms with Crippen molar-refractivity contribution in [1.29, 1.82) is 0 Å². The van der Waals surface area contributed by atoms with Gasteiger partial charge >= 0.3 is 0 Å². The number of fused-ring (bicyclic) bond motifs is 2. The zero-order valence-corrected chi connectivity index (χ0v) is 11.6. The predicted octanol–water partition coefficient (Wildman–Crippen LogP) is 2.14. The van der Waals surface area contributed by atoms with Gasteiger partial charge in [0.25, 0.3) is 0 Å². The second-order valence-corrected chi connectivity index (χ2v) is 5.02. The Morgan fingerprint density at radius 1 is 1.25 bits per heavy atom. The Balaban J connectivity index is 2.23. The standard InChI is InChI=1S/C15H15N3O2/c1-9(2)20-17-12-10-6-4-5-7-11(10)15(19)14-13(12)16-8-18(14)3/h4-9H,1-3H3/b17-12-. The molecule has 1 aliphatic carbocycles. The van der Waals surface area contributed by atoms with E-state index < -0.39 is 0 Å². The number of ketones is 1. The van der Waals surface area contributed by atoms with Gasteiger partial charge in [0.15, 0.2) is 0 Å². The van der Waals surface area contributed by atoms with Crippen LogP contribution in [-0.2, 0) is 11.9 Å². The highest BCUT2D eigenvalue weighted by atomic mass is 16.6. The van der Waals surface area contributed by atoms with Gasteiger partial charge in [-0.2, -0.15) is 0 Å². The number of benzene rings is 1. The van der Waals surface area contributed by atoms with Crippen molar-refractivity contribution in [2.75, 3.05) is 0 Å². The van der Waals surface area contributed by atoms with Crippen LogP contribution in [0, 0.1) is 0 Å². The van der Waals surface area contributed by atoms with Crippen molar-refractivity contribution in [3.05, 3.63) is 53.1 Å². The molecule has 0 unspecified atom stereocenters. The van der Waals surface area contributed by atoms with Gasteiger partial charge in [0.2, 0.25) is 5.78 Å². The molecule has 102 valence electrons. The first kappa shape index (κ1) is 12.6. The summed E-state index contributed by atoms with van der Waals surface area (Å²) in [4.78, 5) is 22.2. The SMILES string of the molecule is CC(C)O/N=C1/c2ccccc2C(=O)c2c1ncn2C. The Kier molecular flexibility index (Phi) is 2.89. The van der Waals surface area contributed by atoms with Crippen molar-refractivity contribution < 1.29 is 9.63 Å². The van der Waals surface area contributed by atoms with Crippen molar-refractivity contribution in [3.8, 4) is 0 Å². The molecule has 1 aromatic heterocycles. The maximum absolute atomic E-state index is 12.5. The van der Waals surface area contributed by atoms with Crippen molar-refractivity contribution >= 4 is 11.5 Å². The molecule has 20 heavy (non-hydrogen) atoms. The van der Waals surface area contributed by atoms with Crippen molar-refractivity contribution in [2.45, 2.75) is 20.0 Å². The molecule has 0 amide bonds. The molecule has 1 heterocycles. The average Bonchev–Trinajstić information content (AvgIpc) is 2.81. The molecular formula is C15H15N3O2. The molecule has 3 rings (SSSR count). The van der Waals surface area contributed by atoms with Gasteiger partial charge in [-0.3, -0.25) is 4.79 Å². The van der Waals surface area contributed by atoms with E-state index in [-0.39, 0.29) is 11.9 Å². The van der Waals surface area contributed by atoms with E-state index in [1.807, 2.05) is 32.0 Å². The molecule has 1 aromatic carbocycles. The molecule has 0 bridgehead atoms. The van der Waals surface area contributed by atoms with Crippen LogP contribution in [0.1, 0.15) is 41.2 Å². The lowest BCUT2D eigenvalue weighted by atomic mass is 9.89. The Bertz CT molecular complexity index is 714. The van der Waals surface area contributed by atoms with Crippen LogP contribution in [0.15, 0.2) is 35.7 Å². The minimum atomic E-state index is -0.0286. The van der Waals surface area contributed by atoms with E-state index in [2.05, 4.69) is 10.1 Å². The van der Waals surface area contributed by atoms with Gasteiger partial charge in [-0.15, -0.1) is 0 Å². The summed E-state index contributed by atoms with van der Waals surface area (Å²) in [6.45, 7) is 3.81. The molecule has 0 radical (unpaired) electrons. The monoisotopic (exact) mass is 269 g/mol. The van der Waals surface area contributed by atoms with Crippen molar-refractivity contribution in [1.82, 2.24) is 9.55 Å². The van der Waals surface area contributed by atoms with Crippen LogP contribution in [-0.4, -0.2) is 27.1 Å². The van der Waals surface area contributed by atoms with Gasteiger partial charge in [-0.05, 0) is 13.8 Å². The van der Waals surface area contributed by atoms with Crippen LogP contribution < -0.4 is 0 Å². The molecule has 0 fully saturated rings. The molecule has 0 atom stereocenters. The molecule has 5 heteroatoms. The van der Waals surface area contributed by atoms with Crippen molar-refractivity contribution in [3.63, 3.8) is 0 Å². The fraction of sp³-hybridized carbons (Fsp3) is 0.267. The first-order valence-corrected chi connectivity index (χ1v) is 6.49. The highest BCUT2D eigenvalue weighted by Gasteiger charge is 2.32. The molecular weight excluding hydrogens is 254 g/mol. The van der Waals surface area contributed by atoms with Gasteiger partial charge in [0.05, 0.1) is 6.33 Å². The fourth-order valence-electron chi connectivity index (χ4n) is 2.26. The Labute approximate surface area is 116 Å². The molecule has 0 saturated heterocycles. The zero-order valence-electron chi connectivity index (χ0n) is 11.6. The van der Waals surface area contributed by atoms with E-state index in [4.69, 9.17) is 4.84 Å². The lowest BCUT2D eigenvalue weighted by molar-refractivity contribution is 0.0861. The number of rotatable bonds is 2. The molecule has 2 aromatic rings. The lowest BCUT2D eigenvalue weighted by Crippen LogP contribution is -2.23. The third kappa shape index (κ3) is 1.82. The molecule has 0 N–H and O–H groups in total. The lowest BCUT2D eigenvalue weighted by Gasteiger charge is -2.17. The summed E-state index contributed by atoms with van der Waals surface area (Å²) in [6.07, 6.45) is 1.60. The molecule has 0 spiro atoms. The first-order chi connectivity index (χ1) is 9.59. The summed E-state index contributed by atoms with van der Waals surface area (Å²) >= 11 is 0. The topological polar surface area (TPSA) is 56.5 Å². The van der Waals surface area contributed by atoms with E-state index >= 15 is 0 Å². The molecule has 0 aliphatic heterocycles. The third-order valence-electron chi connectivity index (χ3n) is 3.16. The van der Waals surface area contributed by atoms with E-state index in [0.29, 0.717) is 22.7 Å². The number of imidazole rings is 1. The number of aromatic nitrogens is 2. The highest BCUT2D eigenvalue weighted by Crippen LogP contribution is 2.26. The Morgan fingerprint density at radius 3 is 2.65 bits per heavy atom. The quantitative estimate of drug-likeness (QED) is 0.670. The van der Waals surface area contributed by atoms with Gasteiger partial charge < -0.3 is 9.40 Å². The fourth-order valence-corrected chi connectivity index (χ4v) is 2.26. The first-order valence-electron chi connectivity index (χ1n) is 6.49. The number of hydrogen-bond donors (Lipinski definition) is 0. The van der Waals surface area contributed by atoms with Crippen LogP contribution in [0.25, 0.3) is 0 Å². The normalized spacial score (nSPS) is 15.4. The second kappa shape index (κ2) is 4.59. The van der Waals surface area contributed by atoms with E-state index in [9.17, 15) is 4.79 Å². The van der Waals surface area contributed by atoms with Crippen LogP contribution in [0.3, 0.4) is 0 Å². The highest BCUT2D eigenvalue weighted by molar-refractivity contribution is 6.28. The van der Waals surface area contributed by atoms with Crippen LogP contribution in [0.2, 0.25) is 0 Å². The number of aryl methyl sites for hydroxylation is 1. The number of nitrogens with zero attached hydrogens (tertiary/aromatic N) is 3. The van der Waals surface area contributed by atoms with Crippen LogP contribution >= 0.6 is 0 Å². The van der Waals surface area contributed by atoms with Crippen molar-refractivity contribution in [2.24, 2.45) is 12.2 Å². The van der Waals surface area contributed by atoms with E-state index in [1.165, 1.54) is 0 Å². The zero-order chi connectivity index (χ0) is 14.3. The molecule has 1 aliphatic rings. The van der Waals surface area contributed by atoms with Crippen LogP contribution in [0.4, 0.5) is 0 Å². The number of hydrogen-bond acceptors (Lipinski definition) is 4. The minimum absolute atomic E-state index is 0.0283. The molecule has 0 saturated carbocycles. The van der Waals surface area contributed by atoms with Gasteiger partial charge in [-0.1, -0.05) is 29.4 Å². The summed E-state index contributed by atoms with van der Waals surface area (Å²) in [7, 11) is 1.80. The predicted molar refractivity (Wildman–Crippen MR) is 74.9 cm³/mol. The van der Waals surface area contributed by atoms with Gasteiger partial charge in [0, 0.05) is 18.2 Å². The van der Waals surface area contributed by atoms with E-state index in [0.717, 1.165) is 5.56 Å². The third-order valence-corrected chi connectivity index (χ3v) is 3.16. The summed E-state index contributed by atoms with van der Waals surface area (Å²) in [5.74, 6) is -0.0286. The largest absolute Gasteiger partial charge is 0.393 e. The summed E-state index contributed by atoms with van der Waals surface area (Å²) < 4.78 is 1.72. The Hall–Kier alpha value is -2.43. The summed E-state index contributed by atoms with van der Waals surface area (Å²) in [5, 5.41) is 4.20. The number of carbonyl (C=O) groups excluding carboxylic acids is 1. The Morgan fingerprint density at radius 2 is 1.95 bits per heavy atom. The summed E-state index contributed by atoms with van der Waals surface area (Å²) in [5.41, 5.74) is 3.15. The van der Waals surface area contributed by atoms with Gasteiger partial charge in [0.1, 0.15) is 23.2 Å². The molecule has 5 nitrogen and oxygen atoms in total. The number of oxime groups is 1. The smallest absolute Gasteiger partial charge is 0.212 e. The number of carbonyl (C=O) groups is 1. The average molecular weight is 269 g/mol. The van der Waals surface area contributed by atoms with Crippen LogP contribution in [0.5, 0.6) is 0 Å². The minimum Gasteiger partial charge on any atom is -0.393 e. The summed E-state index contributed by atoms with van der Waals surface area (Å²) in [6, 6.07) is 7.40. The maximum Gasteiger partial charge on any atom is 0.212 e. The second-order valence-electron chi connectivity index (χ2n) is 5.02. The maximum atomic E-state index is 12.5. The van der Waals surface area contributed by atoms with Gasteiger partial charge in [-0.25, -0.2) is 4.98 Å². The van der Waals surface area contributed by atoms with E-state index in [1.54, 1.807) is 24.0 Å².